The number of nitrogens with zero attached hydrogens (tertiary/aromatic N) is 1. The zero-order chi connectivity index (χ0) is 13.7. The van der Waals surface area contributed by atoms with Gasteiger partial charge in [-0.2, -0.15) is 0 Å². The minimum atomic E-state index is -0.285. The largest absolute Gasteiger partial charge is 0.384 e. The zero-order valence-corrected chi connectivity index (χ0v) is 11.3. The van der Waals surface area contributed by atoms with Crippen LogP contribution in [0.15, 0.2) is 18.2 Å². The van der Waals surface area contributed by atoms with Crippen molar-refractivity contribution >= 4 is 0 Å². The van der Waals surface area contributed by atoms with E-state index in [0.717, 1.165) is 24.6 Å². The second kappa shape index (κ2) is 6.70. The van der Waals surface area contributed by atoms with Crippen molar-refractivity contribution in [1.29, 1.82) is 0 Å². The summed E-state index contributed by atoms with van der Waals surface area (Å²) in [7, 11) is 2.09. The summed E-state index contributed by atoms with van der Waals surface area (Å²) in [5, 5.41) is 8.75. The molecular formula is C16H20FNO. The molecule has 0 radical (unpaired) electrons. The number of hydrogen-bond acceptors (Lipinski definition) is 2. The molecule has 0 atom stereocenters. The van der Waals surface area contributed by atoms with Crippen molar-refractivity contribution in [3.05, 3.63) is 35.1 Å². The first-order valence-electron chi connectivity index (χ1n) is 6.75. The molecule has 0 saturated heterocycles. The van der Waals surface area contributed by atoms with E-state index in [1.165, 1.54) is 31.4 Å². The third kappa shape index (κ3) is 4.05. The van der Waals surface area contributed by atoms with Crippen molar-refractivity contribution < 1.29 is 9.50 Å². The van der Waals surface area contributed by atoms with E-state index in [9.17, 15) is 4.39 Å². The number of halogens is 1. The summed E-state index contributed by atoms with van der Waals surface area (Å²) in [6.07, 6.45) is 4.00. The maximum atomic E-state index is 13.2. The van der Waals surface area contributed by atoms with Crippen LogP contribution >= 0.6 is 0 Å². The van der Waals surface area contributed by atoms with Gasteiger partial charge in [-0.3, -0.25) is 0 Å². The molecule has 2 nitrogen and oxygen atoms in total. The molecule has 19 heavy (non-hydrogen) atoms. The zero-order valence-electron chi connectivity index (χ0n) is 11.3. The molecule has 1 saturated carbocycles. The average Bonchev–Trinajstić information content (AvgIpc) is 2.34. The summed E-state index contributed by atoms with van der Waals surface area (Å²) < 4.78 is 13.2. The van der Waals surface area contributed by atoms with Crippen LogP contribution in [0.25, 0.3) is 0 Å². The molecule has 2 rings (SSSR count). The summed E-state index contributed by atoms with van der Waals surface area (Å²) in [5.74, 6) is 5.95. The highest BCUT2D eigenvalue weighted by Gasteiger charge is 2.19. The van der Waals surface area contributed by atoms with Gasteiger partial charge in [0.05, 0.1) is 0 Å². The molecule has 0 aromatic heterocycles. The fourth-order valence-corrected chi connectivity index (χ4v) is 2.41. The number of aliphatic hydroxyl groups excluding tert-OH is 1. The summed E-state index contributed by atoms with van der Waals surface area (Å²) in [6.45, 7) is 1.66. The second-order valence-corrected chi connectivity index (χ2v) is 5.26. The van der Waals surface area contributed by atoms with Gasteiger partial charge in [0.1, 0.15) is 12.4 Å². The molecule has 1 aromatic carbocycles. The smallest absolute Gasteiger partial charge is 0.124 e. The minimum absolute atomic E-state index is 0.201. The summed E-state index contributed by atoms with van der Waals surface area (Å²) in [5.41, 5.74) is 1.69. The van der Waals surface area contributed by atoms with Gasteiger partial charge in [-0.15, -0.1) is 0 Å². The Bertz CT molecular complexity index is 485. The molecule has 0 aliphatic heterocycles. The fraction of sp³-hybridized carbons (Fsp3) is 0.500. The predicted octanol–water partition coefficient (Wildman–Crippen LogP) is 2.40. The molecular weight excluding hydrogens is 241 g/mol. The summed E-state index contributed by atoms with van der Waals surface area (Å²) in [4.78, 5) is 2.27. The van der Waals surface area contributed by atoms with E-state index in [2.05, 4.69) is 23.8 Å². The van der Waals surface area contributed by atoms with Gasteiger partial charge in [-0.25, -0.2) is 4.39 Å². The van der Waals surface area contributed by atoms with E-state index in [1.54, 1.807) is 6.07 Å². The third-order valence-electron chi connectivity index (χ3n) is 3.61. The molecule has 1 aromatic rings. The SMILES string of the molecule is CN(Cc1ccc(F)cc1C#CCO)CC1CCC1. The summed E-state index contributed by atoms with van der Waals surface area (Å²) in [6, 6.07) is 4.69. The van der Waals surface area contributed by atoms with Crippen LogP contribution in [-0.2, 0) is 6.54 Å². The van der Waals surface area contributed by atoms with Crippen molar-refractivity contribution in [2.24, 2.45) is 5.92 Å². The Kier molecular flexibility index (Phi) is 4.95. The van der Waals surface area contributed by atoms with Crippen LogP contribution in [0, 0.1) is 23.6 Å². The molecule has 0 bridgehead atoms. The number of benzene rings is 1. The monoisotopic (exact) mass is 261 g/mol. The second-order valence-electron chi connectivity index (χ2n) is 5.26. The van der Waals surface area contributed by atoms with E-state index in [1.807, 2.05) is 0 Å². The molecule has 102 valence electrons. The Morgan fingerprint density at radius 1 is 1.42 bits per heavy atom. The highest BCUT2D eigenvalue weighted by Crippen LogP contribution is 2.27. The maximum Gasteiger partial charge on any atom is 0.124 e. The molecule has 1 N–H and O–H groups in total. The van der Waals surface area contributed by atoms with Crippen molar-refractivity contribution in [1.82, 2.24) is 4.90 Å². The number of rotatable bonds is 4. The standard InChI is InChI=1S/C16H20FNO/c1-18(11-13-4-2-5-13)12-15-7-8-16(17)10-14(15)6-3-9-19/h7-8,10,13,19H,2,4-5,9,11-12H2,1H3. The van der Waals surface area contributed by atoms with Gasteiger partial charge >= 0.3 is 0 Å². The van der Waals surface area contributed by atoms with Crippen LogP contribution in [0.4, 0.5) is 4.39 Å². The van der Waals surface area contributed by atoms with Crippen molar-refractivity contribution in [3.63, 3.8) is 0 Å². The van der Waals surface area contributed by atoms with Gasteiger partial charge in [0.2, 0.25) is 0 Å². The topological polar surface area (TPSA) is 23.5 Å². The Morgan fingerprint density at radius 2 is 2.21 bits per heavy atom. The lowest BCUT2D eigenvalue weighted by Gasteiger charge is -2.30. The first kappa shape index (κ1) is 14.0. The Hall–Kier alpha value is -1.37. The van der Waals surface area contributed by atoms with Crippen molar-refractivity contribution in [3.8, 4) is 11.8 Å². The lowest BCUT2D eigenvalue weighted by atomic mass is 9.85. The molecule has 3 heteroatoms. The quantitative estimate of drug-likeness (QED) is 0.841. The highest BCUT2D eigenvalue weighted by molar-refractivity contribution is 5.41. The van der Waals surface area contributed by atoms with Crippen LogP contribution in [0.5, 0.6) is 0 Å². The van der Waals surface area contributed by atoms with Crippen LogP contribution in [-0.4, -0.2) is 30.2 Å². The van der Waals surface area contributed by atoms with Crippen molar-refractivity contribution in [2.45, 2.75) is 25.8 Å². The molecule has 1 aliphatic rings. The van der Waals surface area contributed by atoms with Crippen LogP contribution in [0.2, 0.25) is 0 Å². The molecule has 0 unspecified atom stereocenters. The van der Waals surface area contributed by atoms with Gasteiger partial charge in [0.15, 0.2) is 0 Å². The van der Waals surface area contributed by atoms with Crippen LogP contribution < -0.4 is 0 Å². The predicted molar refractivity (Wildman–Crippen MR) is 74.0 cm³/mol. The van der Waals surface area contributed by atoms with E-state index in [-0.39, 0.29) is 12.4 Å². The number of aliphatic hydroxyl groups is 1. The van der Waals surface area contributed by atoms with E-state index in [4.69, 9.17) is 5.11 Å². The lowest BCUT2D eigenvalue weighted by molar-refractivity contribution is 0.200. The van der Waals surface area contributed by atoms with Gasteiger partial charge < -0.3 is 10.0 Å². The van der Waals surface area contributed by atoms with E-state index < -0.39 is 0 Å². The minimum Gasteiger partial charge on any atom is -0.384 e. The molecule has 0 heterocycles. The normalized spacial score (nSPS) is 14.9. The highest BCUT2D eigenvalue weighted by atomic mass is 19.1. The Balaban J connectivity index is 2.05. The molecule has 0 amide bonds. The van der Waals surface area contributed by atoms with Gasteiger partial charge in [-0.05, 0) is 43.5 Å². The van der Waals surface area contributed by atoms with Crippen LogP contribution in [0.3, 0.4) is 0 Å². The summed E-state index contributed by atoms with van der Waals surface area (Å²) >= 11 is 0. The first-order chi connectivity index (χ1) is 9.19. The van der Waals surface area contributed by atoms with E-state index in [0.29, 0.717) is 5.56 Å². The van der Waals surface area contributed by atoms with E-state index >= 15 is 0 Å². The molecule has 1 fully saturated rings. The first-order valence-corrected chi connectivity index (χ1v) is 6.75. The van der Waals surface area contributed by atoms with Gasteiger partial charge in [-0.1, -0.05) is 24.3 Å². The van der Waals surface area contributed by atoms with Gasteiger partial charge in [0, 0.05) is 18.7 Å². The maximum absolute atomic E-state index is 13.2. The average molecular weight is 261 g/mol. The van der Waals surface area contributed by atoms with Crippen molar-refractivity contribution in [2.75, 3.05) is 20.2 Å². The fourth-order valence-electron chi connectivity index (χ4n) is 2.41. The Morgan fingerprint density at radius 3 is 2.84 bits per heavy atom. The third-order valence-corrected chi connectivity index (χ3v) is 3.61. The molecule has 0 spiro atoms. The molecule has 1 aliphatic carbocycles. The van der Waals surface area contributed by atoms with Gasteiger partial charge in [0.25, 0.3) is 0 Å². The lowest BCUT2D eigenvalue weighted by Crippen LogP contribution is -2.29. The van der Waals surface area contributed by atoms with Crippen LogP contribution in [0.1, 0.15) is 30.4 Å². The Labute approximate surface area is 114 Å². The number of hydrogen-bond donors (Lipinski definition) is 1.